The van der Waals surface area contributed by atoms with Gasteiger partial charge in [-0.3, -0.25) is 4.79 Å². The van der Waals surface area contributed by atoms with Crippen LogP contribution in [-0.4, -0.2) is 5.78 Å². The second-order valence-corrected chi connectivity index (χ2v) is 8.11. The predicted octanol–water partition coefficient (Wildman–Crippen LogP) is 7.82. The Morgan fingerprint density at radius 2 is 1.21 bits per heavy atom. The Labute approximate surface area is 180 Å². The first-order valence-electron chi connectivity index (χ1n) is 6.23. The van der Waals surface area contributed by atoms with Crippen molar-refractivity contribution >= 4 is 92.7 Å². The molecule has 0 amide bonds. The number of halogens is 8. The molecule has 9 heteroatoms. The van der Waals surface area contributed by atoms with E-state index in [1.54, 1.807) is 0 Å². The summed E-state index contributed by atoms with van der Waals surface area (Å²) in [4.78, 5) is 12.9. The van der Waals surface area contributed by atoms with E-state index >= 15 is 0 Å². The van der Waals surface area contributed by atoms with Gasteiger partial charge in [0.1, 0.15) is 11.6 Å². The van der Waals surface area contributed by atoms with Gasteiger partial charge >= 0.3 is 0 Å². The average molecular weight is 631 g/mol. The maximum Gasteiger partial charge on any atom is 0.196 e. The van der Waals surface area contributed by atoms with Gasteiger partial charge in [0.05, 0.1) is 19.0 Å². The number of benzene rings is 2. The molecule has 0 heterocycles. The summed E-state index contributed by atoms with van der Waals surface area (Å²) in [6.45, 7) is 0. The van der Waals surface area contributed by atoms with Gasteiger partial charge in [-0.2, -0.15) is 0 Å². The molecule has 2 aromatic rings. The molecule has 0 aliphatic carbocycles. The van der Waals surface area contributed by atoms with Gasteiger partial charge in [-0.05, 0) is 44.0 Å². The minimum Gasteiger partial charge on any atom is -0.288 e. The lowest BCUT2D eigenvalue weighted by molar-refractivity contribution is 0.103. The third-order valence-corrected chi connectivity index (χ3v) is 7.16. The summed E-state index contributed by atoms with van der Waals surface area (Å²) >= 11 is 24.6. The van der Waals surface area contributed by atoms with Gasteiger partial charge in [-0.15, -0.1) is 0 Å². The molecule has 24 heavy (non-hydrogen) atoms. The average Bonchev–Trinajstić information content (AvgIpc) is 2.58. The molecule has 2 aromatic carbocycles. The molecule has 0 saturated heterocycles. The molecular formula is C15H6Br4Cl2F2O. The monoisotopic (exact) mass is 626 g/mol. The van der Waals surface area contributed by atoms with Crippen LogP contribution in [0, 0.1) is 11.6 Å². The normalized spacial score (nSPS) is 11.0. The summed E-state index contributed by atoms with van der Waals surface area (Å²) in [6.07, 6.45) is 0. The fraction of sp³-hybridized carbons (Fsp3) is 0.133. The van der Waals surface area contributed by atoms with Gasteiger partial charge in [0, 0.05) is 32.9 Å². The highest BCUT2D eigenvalue weighted by molar-refractivity contribution is 9.11. The van der Waals surface area contributed by atoms with Crippen LogP contribution in [0.3, 0.4) is 0 Å². The summed E-state index contributed by atoms with van der Waals surface area (Å²) in [5.74, 6) is -1.64. The Bertz CT molecular complexity index is 776. The molecule has 0 bridgehead atoms. The van der Waals surface area contributed by atoms with Crippen LogP contribution >= 0.6 is 86.9 Å². The van der Waals surface area contributed by atoms with Crippen LogP contribution in [0.1, 0.15) is 27.0 Å². The van der Waals surface area contributed by atoms with Crippen molar-refractivity contribution in [3.05, 3.63) is 65.0 Å². The minimum atomic E-state index is -0.555. The quantitative estimate of drug-likeness (QED) is 0.191. The summed E-state index contributed by atoms with van der Waals surface area (Å²) in [5.41, 5.74) is 0.654. The Kier molecular flexibility index (Phi) is 7.31. The fourth-order valence-electron chi connectivity index (χ4n) is 1.98. The zero-order valence-electron chi connectivity index (χ0n) is 11.5. The van der Waals surface area contributed by atoms with Crippen molar-refractivity contribution in [2.75, 3.05) is 0 Å². The number of hydrogen-bond acceptors (Lipinski definition) is 1. The smallest absolute Gasteiger partial charge is 0.196 e. The molecule has 2 rings (SSSR count). The predicted molar refractivity (Wildman–Crippen MR) is 107 cm³/mol. The standard InChI is InChI=1S/C15H6Br4Cl2F2O/c16-3-5-1-7(11(20)9(18)13(5)22)15(24)8-2-6(4-17)14(23)10(19)12(8)21/h1-2H,3-4H2. The van der Waals surface area contributed by atoms with Crippen molar-refractivity contribution in [2.24, 2.45) is 0 Å². The molecule has 0 aliphatic rings. The van der Waals surface area contributed by atoms with Crippen molar-refractivity contribution in [1.82, 2.24) is 0 Å². The van der Waals surface area contributed by atoms with E-state index in [1.165, 1.54) is 12.1 Å². The maximum atomic E-state index is 14.1. The van der Waals surface area contributed by atoms with Crippen LogP contribution in [0.4, 0.5) is 8.78 Å². The van der Waals surface area contributed by atoms with Crippen LogP contribution in [0.15, 0.2) is 21.1 Å². The maximum absolute atomic E-state index is 14.1. The summed E-state index contributed by atoms with van der Waals surface area (Å²) in [5, 5.41) is 0.253. The molecule has 1 nitrogen and oxygen atoms in total. The Hall–Kier alpha value is 0.470. The van der Waals surface area contributed by atoms with Crippen LogP contribution in [0.25, 0.3) is 0 Å². The molecular weight excluding hydrogens is 625 g/mol. The van der Waals surface area contributed by atoms with E-state index in [0.717, 1.165) is 0 Å². The summed E-state index contributed by atoms with van der Waals surface area (Å²) in [6, 6.07) is 2.70. The van der Waals surface area contributed by atoms with E-state index < -0.39 is 17.4 Å². The van der Waals surface area contributed by atoms with Gasteiger partial charge in [-0.25, -0.2) is 8.78 Å². The first-order chi connectivity index (χ1) is 11.2. The lowest BCUT2D eigenvalue weighted by atomic mass is 9.99. The molecule has 0 radical (unpaired) electrons. The number of hydrogen-bond donors (Lipinski definition) is 0. The third-order valence-electron chi connectivity index (χ3n) is 3.22. The van der Waals surface area contributed by atoms with E-state index in [0.29, 0.717) is 0 Å². The van der Waals surface area contributed by atoms with E-state index in [9.17, 15) is 13.6 Å². The first kappa shape index (κ1) is 20.8. The highest BCUT2D eigenvalue weighted by atomic mass is 79.9. The number of carbonyl (C=O) groups excluding carboxylic acids is 1. The fourth-order valence-corrected chi connectivity index (χ4v) is 4.18. The molecule has 0 atom stereocenters. The van der Waals surface area contributed by atoms with Gasteiger partial charge in [0.25, 0.3) is 0 Å². The third kappa shape index (κ3) is 3.76. The zero-order valence-corrected chi connectivity index (χ0v) is 19.4. The molecule has 0 aliphatic heterocycles. The molecule has 0 unspecified atom stereocenters. The van der Waals surface area contributed by atoms with Crippen molar-refractivity contribution in [3.8, 4) is 0 Å². The Balaban J connectivity index is 2.71. The minimum absolute atomic E-state index is 0.0116. The van der Waals surface area contributed by atoms with Crippen molar-refractivity contribution in [1.29, 1.82) is 0 Å². The van der Waals surface area contributed by atoms with E-state index in [4.69, 9.17) is 23.2 Å². The van der Waals surface area contributed by atoms with Crippen LogP contribution in [0.5, 0.6) is 0 Å². The Morgan fingerprint density at radius 1 is 0.875 bits per heavy atom. The summed E-state index contributed by atoms with van der Waals surface area (Å²) in [7, 11) is 0. The van der Waals surface area contributed by atoms with E-state index in [1.807, 2.05) is 0 Å². The highest BCUT2D eigenvalue weighted by Gasteiger charge is 2.25. The largest absolute Gasteiger partial charge is 0.288 e. The lowest BCUT2D eigenvalue weighted by Crippen LogP contribution is -2.08. The number of alkyl halides is 2. The zero-order chi connectivity index (χ0) is 18.2. The molecule has 0 N–H and O–H groups in total. The lowest BCUT2D eigenvalue weighted by Gasteiger charge is -2.13. The molecule has 0 spiro atoms. The SMILES string of the molecule is O=C(c1cc(CBr)c(F)c(Br)c1Cl)c1cc(CBr)c(F)c(Br)c1Cl. The number of carbonyl (C=O) groups is 1. The molecule has 0 aromatic heterocycles. The van der Waals surface area contributed by atoms with Gasteiger partial charge in [0.2, 0.25) is 0 Å². The van der Waals surface area contributed by atoms with Crippen LogP contribution in [0.2, 0.25) is 10.0 Å². The molecule has 128 valence electrons. The number of ketones is 1. The molecule has 0 fully saturated rings. The second-order valence-electron chi connectivity index (χ2n) is 4.65. The summed E-state index contributed by atoms with van der Waals surface area (Å²) < 4.78 is 28.1. The van der Waals surface area contributed by atoms with Gasteiger partial charge < -0.3 is 0 Å². The van der Waals surface area contributed by atoms with E-state index in [2.05, 4.69) is 63.7 Å². The number of rotatable bonds is 4. The van der Waals surface area contributed by atoms with E-state index in [-0.39, 0.29) is 51.9 Å². The van der Waals surface area contributed by atoms with Crippen molar-refractivity contribution in [3.63, 3.8) is 0 Å². The van der Waals surface area contributed by atoms with Crippen molar-refractivity contribution in [2.45, 2.75) is 10.7 Å². The van der Waals surface area contributed by atoms with Gasteiger partial charge in [-0.1, -0.05) is 55.1 Å². The van der Waals surface area contributed by atoms with Crippen LogP contribution < -0.4 is 0 Å². The molecule has 0 saturated carbocycles. The van der Waals surface area contributed by atoms with Gasteiger partial charge in [0.15, 0.2) is 5.78 Å². The second kappa shape index (κ2) is 8.44. The van der Waals surface area contributed by atoms with Crippen molar-refractivity contribution < 1.29 is 13.6 Å². The first-order valence-corrected chi connectivity index (χ1v) is 10.8. The van der Waals surface area contributed by atoms with Crippen LogP contribution in [-0.2, 0) is 10.7 Å². The Morgan fingerprint density at radius 3 is 1.50 bits per heavy atom. The topological polar surface area (TPSA) is 17.1 Å². The highest BCUT2D eigenvalue weighted by Crippen LogP contribution is 2.37.